The Hall–Kier alpha value is 0.250. The highest BCUT2D eigenvalue weighted by Gasteiger charge is 2.43. The van der Waals surface area contributed by atoms with Gasteiger partial charge in [-0.3, -0.25) is 0 Å². The second kappa shape index (κ2) is 2.89. The molecular formula is C7H16ClN. The normalized spacial score (nSPS) is 21.3. The molecular weight excluding hydrogens is 134 g/mol. The first-order valence-electron chi connectivity index (χ1n) is 3.41. The van der Waals surface area contributed by atoms with Crippen molar-refractivity contribution >= 4 is 12.4 Å². The number of nitrogens with two attached hydrogens (primary N) is 1. The molecule has 0 aromatic heterocycles. The van der Waals surface area contributed by atoms with Crippen LogP contribution in [0.1, 0.15) is 26.7 Å². The quantitative estimate of drug-likeness (QED) is 0.637. The van der Waals surface area contributed by atoms with Crippen molar-refractivity contribution in [3.05, 3.63) is 0 Å². The molecule has 0 bridgehead atoms. The van der Waals surface area contributed by atoms with E-state index >= 15 is 0 Å². The van der Waals surface area contributed by atoms with Crippen molar-refractivity contribution in [2.24, 2.45) is 17.1 Å². The van der Waals surface area contributed by atoms with Crippen LogP contribution in [0.5, 0.6) is 0 Å². The lowest BCUT2D eigenvalue weighted by molar-refractivity contribution is 0.370. The largest absolute Gasteiger partial charge is 0.330 e. The Morgan fingerprint density at radius 3 is 1.89 bits per heavy atom. The van der Waals surface area contributed by atoms with Gasteiger partial charge in [0.15, 0.2) is 0 Å². The van der Waals surface area contributed by atoms with E-state index in [0.29, 0.717) is 5.41 Å². The molecule has 0 aliphatic heterocycles. The number of hydrogen-bond acceptors (Lipinski definition) is 1. The molecule has 0 atom stereocenters. The molecule has 1 aliphatic rings. The summed E-state index contributed by atoms with van der Waals surface area (Å²) in [7, 11) is 0. The van der Waals surface area contributed by atoms with Crippen LogP contribution in [-0.4, -0.2) is 6.54 Å². The van der Waals surface area contributed by atoms with Gasteiger partial charge in [0.25, 0.3) is 0 Å². The summed E-state index contributed by atoms with van der Waals surface area (Å²) >= 11 is 0. The fourth-order valence-corrected chi connectivity index (χ4v) is 1.18. The van der Waals surface area contributed by atoms with E-state index in [9.17, 15) is 0 Å². The molecule has 1 nitrogen and oxygen atoms in total. The highest BCUT2D eigenvalue weighted by atomic mass is 35.5. The van der Waals surface area contributed by atoms with Gasteiger partial charge in [-0.1, -0.05) is 13.8 Å². The molecule has 2 N–H and O–H groups in total. The second-order valence-corrected chi connectivity index (χ2v) is 3.22. The fourth-order valence-electron chi connectivity index (χ4n) is 1.18. The van der Waals surface area contributed by atoms with Gasteiger partial charge in [0.05, 0.1) is 0 Å². The standard InChI is InChI=1S/C7H15N.ClH/c1-6(2)7(5-8)3-4-7;/h6H,3-5,8H2,1-2H3;1H. The van der Waals surface area contributed by atoms with E-state index in [1.165, 1.54) is 12.8 Å². The van der Waals surface area contributed by atoms with Crippen LogP contribution in [0, 0.1) is 11.3 Å². The summed E-state index contributed by atoms with van der Waals surface area (Å²) in [6, 6.07) is 0. The van der Waals surface area contributed by atoms with E-state index in [0.717, 1.165) is 12.5 Å². The van der Waals surface area contributed by atoms with E-state index in [-0.39, 0.29) is 12.4 Å². The van der Waals surface area contributed by atoms with Gasteiger partial charge in [0, 0.05) is 0 Å². The van der Waals surface area contributed by atoms with Crippen molar-refractivity contribution in [3.8, 4) is 0 Å². The molecule has 0 aromatic carbocycles. The molecule has 2 heteroatoms. The van der Waals surface area contributed by atoms with E-state index in [1.54, 1.807) is 0 Å². The Labute approximate surface area is 63.4 Å². The van der Waals surface area contributed by atoms with E-state index in [1.807, 2.05) is 0 Å². The third-order valence-electron chi connectivity index (χ3n) is 2.52. The fraction of sp³-hybridized carbons (Fsp3) is 1.00. The third kappa shape index (κ3) is 1.59. The van der Waals surface area contributed by atoms with Gasteiger partial charge < -0.3 is 5.73 Å². The average Bonchev–Trinajstić information content (AvgIpc) is 2.44. The predicted octanol–water partition coefficient (Wildman–Crippen LogP) is 1.80. The van der Waals surface area contributed by atoms with E-state index in [4.69, 9.17) is 5.73 Å². The van der Waals surface area contributed by atoms with Crippen molar-refractivity contribution in [1.82, 2.24) is 0 Å². The molecule has 1 rings (SSSR count). The van der Waals surface area contributed by atoms with Gasteiger partial charge >= 0.3 is 0 Å². The molecule has 9 heavy (non-hydrogen) atoms. The van der Waals surface area contributed by atoms with Gasteiger partial charge in [0.1, 0.15) is 0 Å². The van der Waals surface area contributed by atoms with Crippen LogP contribution in [0.25, 0.3) is 0 Å². The van der Waals surface area contributed by atoms with Gasteiger partial charge in [-0.15, -0.1) is 12.4 Å². The van der Waals surface area contributed by atoms with Gasteiger partial charge in [-0.2, -0.15) is 0 Å². The third-order valence-corrected chi connectivity index (χ3v) is 2.52. The van der Waals surface area contributed by atoms with Crippen LogP contribution in [0.4, 0.5) is 0 Å². The number of rotatable bonds is 2. The van der Waals surface area contributed by atoms with Gasteiger partial charge in [0.2, 0.25) is 0 Å². The SMILES string of the molecule is CC(C)C1(CN)CC1.Cl. The summed E-state index contributed by atoms with van der Waals surface area (Å²) in [5.74, 6) is 0.799. The lowest BCUT2D eigenvalue weighted by Gasteiger charge is -2.15. The topological polar surface area (TPSA) is 26.0 Å². The highest BCUT2D eigenvalue weighted by Crippen LogP contribution is 2.50. The monoisotopic (exact) mass is 149 g/mol. The molecule has 0 aromatic rings. The van der Waals surface area contributed by atoms with Crippen LogP contribution in [0.2, 0.25) is 0 Å². The molecule has 0 radical (unpaired) electrons. The smallest absolute Gasteiger partial charge is 0.00181 e. The first-order chi connectivity index (χ1) is 3.71. The molecule has 0 heterocycles. The molecule has 1 saturated carbocycles. The predicted molar refractivity (Wildman–Crippen MR) is 42.8 cm³/mol. The maximum atomic E-state index is 5.57. The van der Waals surface area contributed by atoms with Crippen LogP contribution in [0.3, 0.4) is 0 Å². The van der Waals surface area contributed by atoms with Crippen LogP contribution < -0.4 is 5.73 Å². The first-order valence-corrected chi connectivity index (χ1v) is 3.41. The molecule has 1 fully saturated rings. The average molecular weight is 150 g/mol. The van der Waals surface area contributed by atoms with E-state index < -0.39 is 0 Å². The van der Waals surface area contributed by atoms with Crippen molar-refractivity contribution in [2.45, 2.75) is 26.7 Å². The second-order valence-electron chi connectivity index (χ2n) is 3.22. The Balaban J connectivity index is 0.000000640. The van der Waals surface area contributed by atoms with Crippen LogP contribution in [0.15, 0.2) is 0 Å². The summed E-state index contributed by atoms with van der Waals surface area (Å²) in [6.45, 7) is 5.42. The summed E-state index contributed by atoms with van der Waals surface area (Å²) in [4.78, 5) is 0. The molecule has 0 spiro atoms. The summed E-state index contributed by atoms with van der Waals surface area (Å²) in [5, 5.41) is 0. The van der Waals surface area contributed by atoms with Crippen molar-refractivity contribution in [2.75, 3.05) is 6.54 Å². The van der Waals surface area contributed by atoms with Crippen LogP contribution >= 0.6 is 12.4 Å². The minimum atomic E-state index is 0. The lowest BCUT2D eigenvalue weighted by atomic mass is 9.93. The Morgan fingerprint density at radius 1 is 1.44 bits per heavy atom. The molecule has 56 valence electrons. The molecule has 0 saturated heterocycles. The maximum absolute atomic E-state index is 5.57. The van der Waals surface area contributed by atoms with E-state index in [2.05, 4.69) is 13.8 Å². The zero-order valence-corrected chi connectivity index (χ0v) is 7.00. The Kier molecular flexibility index (Phi) is 2.97. The van der Waals surface area contributed by atoms with Crippen molar-refractivity contribution in [1.29, 1.82) is 0 Å². The van der Waals surface area contributed by atoms with Crippen molar-refractivity contribution < 1.29 is 0 Å². The Bertz CT molecular complexity index is 86.9. The number of hydrogen-bond donors (Lipinski definition) is 1. The highest BCUT2D eigenvalue weighted by molar-refractivity contribution is 5.85. The molecule has 0 amide bonds. The summed E-state index contributed by atoms with van der Waals surface area (Å²) in [6.07, 6.45) is 2.72. The molecule has 0 unspecified atom stereocenters. The first kappa shape index (κ1) is 9.25. The summed E-state index contributed by atoms with van der Waals surface area (Å²) in [5.41, 5.74) is 6.14. The zero-order valence-electron chi connectivity index (χ0n) is 6.18. The Morgan fingerprint density at radius 2 is 1.89 bits per heavy atom. The maximum Gasteiger partial charge on any atom is -0.00181 e. The lowest BCUT2D eigenvalue weighted by Crippen LogP contribution is -2.20. The summed E-state index contributed by atoms with van der Waals surface area (Å²) < 4.78 is 0. The van der Waals surface area contributed by atoms with Gasteiger partial charge in [-0.05, 0) is 30.7 Å². The number of halogens is 1. The van der Waals surface area contributed by atoms with Gasteiger partial charge in [-0.25, -0.2) is 0 Å². The van der Waals surface area contributed by atoms with Crippen LogP contribution in [-0.2, 0) is 0 Å². The van der Waals surface area contributed by atoms with Crippen molar-refractivity contribution in [3.63, 3.8) is 0 Å². The molecule has 1 aliphatic carbocycles. The zero-order chi connectivity index (χ0) is 6.20. The minimum Gasteiger partial charge on any atom is -0.330 e. The minimum absolute atomic E-state index is 0.